The van der Waals surface area contributed by atoms with Crippen molar-refractivity contribution in [3.63, 3.8) is 0 Å². The van der Waals surface area contributed by atoms with E-state index in [-0.39, 0.29) is 0 Å². The molecule has 0 aromatic heterocycles. The van der Waals surface area contributed by atoms with Crippen molar-refractivity contribution < 1.29 is 8.42 Å². The van der Waals surface area contributed by atoms with Crippen molar-refractivity contribution in [2.45, 2.75) is 0 Å². The molecule has 25 heavy (non-hydrogen) atoms. The summed E-state index contributed by atoms with van der Waals surface area (Å²) in [5, 5.41) is 8.44. The smallest absolute Gasteiger partial charge is 0.195 e. The second-order valence-electron chi connectivity index (χ2n) is 4.83. The lowest BCUT2D eigenvalue weighted by Gasteiger charge is -2.01. The molecule has 3 aromatic rings. The molecule has 0 unspecified atom stereocenters. The van der Waals surface area contributed by atoms with Crippen LogP contribution in [0.1, 0.15) is 0 Å². The van der Waals surface area contributed by atoms with Crippen LogP contribution in [0.15, 0.2) is 95.2 Å². The number of benzene rings is 3. The molecule has 7 heteroatoms. The first kappa shape index (κ1) is 19.1. The van der Waals surface area contributed by atoms with Crippen LogP contribution in [0.5, 0.6) is 0 Å². The number of hydrogen-bond acceptors (Lipinski definition) is 4. The zero-order valence-corrected chi connectivity index (χ0v) is 15.3. The van der Waals surface area contributed by atoms with Crippen LogP contribution < -0.4 is 0 Å². The minimum absolute atomic E-state index is 0.855. The maximum atomic E-state index is 9.16. The molecule has 0 heterocycles. The molecule has 3 aromatic carbocycles. The van der Waals surface area contributed by atoms with Crippen LogP contribution in [0.2, 0.25) is 0 Å². The fourth-order valence-electron chi connectivity index (χ4n) is 1.96. The molecule has 4 nitrogen and oxygen atoms in total. The van der Waals surface area contributed by atoms with Crippen LogP contribution in [0.3, 0.4) is 0 Å². The first-order chi connectivity index (χ1) is 11.9. The standard InChI is InChI=1S/C18H14N2.Cl2O2S/c1-3-7-15(8-4-1)16-11-13-18(14-12-16)20-19-17-9-5-2-6-10-17;1-5(2,3)4/h1-14H;/b20-19+;. The highest BCUT2D eigenvalue weighted by molar-refractivity contribution is 8.31. The van der Waals surface area contributed by atoms with E-state index in [4.69, 9.17) is 8.42 Å². The summed E-state index contributed by atoms with van der Waals surface area (Å²) in [4.78, 5) is 0. The van der Waals surface area contributed by atoms with Gasteiger partial charge in [0.1, 0.15) is 0 Å². The first-order valence-electron chi connectivity index (χ1n) is 7.18. The van der Waals surface area contributed by atoms with Gasteiger partial charge in [0, 0.05) is 21.4 Å². The van der Waals surface area contributed by atoms with Gasteiger partial charge in [0.2, 0.25) is 0 Å². The Bertz CT molecular complexity index is 906. The van der Waals surface area contributed by atoms with E-state index in [0.29, 0.717) is 0 Å². The van der Waals surface area contributed by atoms with Gasteiger partial charge in [-0.05, 0) is 35.4 Å². The molecule has 0 saturated heterocycles. The highest BCUT2D eigenvalue weighted by atomic mass is 36.0. The summed E-state index contributed by atoms with van der Waals surface area (Å²) in [6, 6.07) is 28.1. The number of rotatable bonds is 3. The molecule has 0 N–H and O–H groups in total. The largest absolute Gasteiger partial charge is 0.317 e. The van der Waals surface area contributed by atoms with Gasteiger partial charge < -0.3 is 0 Å². The van der Waals surface area contributed by atoms with Crippen LogP contribution in [-0.4, -0.2) is 8.42 Å². The van der Waals surface area contributed by atoms with Crippen LogP contribution in [-0.2, 0) is 8.26 Å². The molecule has 128 valence electrons. The lowest BCUT2D eigenvalue weighted by Crippen LogP contribution is -1.75. The zero-order chi connectivity index (χ0) is 18.1. The quantitative estimate of drug-likeness (QED) is 0.378. The highest BCUT2D eigenvalue weighted by Gasteiger charge is 1.96. The third kappa shape index (κ3) is 7.94. The fraction of sp³-hybridized carbons (Fsp3) is 0. The summed E-state index contributed by atoms with van der Waals surface area (Å²) in [6.45, 7) is 0. The summed E-state index contributed by atoms with van der Waals surface area (Å²) in [7, 11) is 4.81. The topological polar surface area (TPSA) is 58.9 Å². The van der Waals surface area contributed by atoms with E-state index in [2.05, 4.69) is 55.9 Å². The predicted molar refractivity (Wildman–Crippen MR) is 103 cm³/mol. The Balaban J connectivity index is 0.000000399. The first-order valence-corrected chi connectivity index (χ1v) is 10.3. The van der Waals surface area contributed by atoms with Crippen molar-refractivity contribution >= 4 is 41.0 Å². The van der Waals surface area contributed by atoms with Crippen LogP contribution in [0.25, 0.3) is 11.1 Å². The highest BCUT2D eigenvalue weighted by Crippen LogP contribution is 2.23. The summed E-state index contributed by atoms with van der Waals surface area (Å²) in [5.74, 6) is 0. The normalized spacial score (nSPS) is 11.0. The van der Waals surface area contributed by atoms with E-state index in [0.717, 1.165) is 11.4 Å². The van der Waals surface area contributed by atoms with E-state index in [9.17, 15) is 0 Å². The van der Waals surface area contributed by atoms with Crippen molar-refractivity contribution in [3.8, 4) is 11.1 Å². The molecule has 0 spiro atoms. The van der Waals surface area contributed by atoms with Crippen molar-refractivity contribution in [1.82, 2.24) is 0 Å². The summed E-state index contributed by atoms with van der Waals surface area (Å²) >= 11 is 0. The van der Waals surface area contributed by atoms with Crippen molar-refractivity contribution in [1.29, 1.82) is 0 Å². The van der Waals surface area contributed by atoms with Gasteiger partial charge in [-0.25, -0.2) is 0 Å². The lowest BCUT2D eigenvalue weighted by atomic mass is 10.1. The second-order valence-corrected chi connectivity index (χ2v) is 8.50. The Morgan fingerprint density at radius 1 is 0.560 bits per heavy atom. The monoisotopic (exact) mass is 392 g/mol. The average Bonchev–Trinajstić information content (AvgIpc) is 2.61. The fourth-order valence-corrected chi connectivity index (χ4v) is 1.96. The van der Waals surface area contributed by atoms with Crippen LogP contribution in [0.4, 0.5) is 11.4 Å². The van der Waals surface area contributed by atoms with Gasteiger partial charge in [-0.2, -0.15) is 18.6 Å². The minimum Gasteiger partial charge on any atom is -0.195 e. The molecule has 0 atom stereocenters. The van der Waals surface area contributed by atoms with Gasteiger partial charge in [-0.3, -0.25) is 0 Å². The van der Waals surface area contributed by atoms with Crippen molar-refractivity contribution in [2.24, 2.45) is 10.2 Å². The zero-order valence-electron chi connectivity index (χ0n) is 13.0. The SMILES string of the molecule is O=S(=O)(Cl)Cl.c1ccc(/N=N/c2ccc(-c3ccccc3)cc2)cc1. The van der Waals surface area contributed by atoms with Gasteiger partial charge in [0.15, 0.2) is 0 Å². The van der Waals surface area contributed by atoms with E-state index in [1.807, 2.05) is 60.7 Å². The van der Waals surface area contributed by atoms with Gasteiger partial charge in [-0.15, -0.1) is 0 Å². The average molecular weight is 393 g/mol. The van der Waals surface area contributed by atoms with Crippen LogP contribution in [0, 0.1) is 0 Å². The number of halogens is 2. The van der Waals surface area contributed by atoms with E-state index in [1.54, 1.807) is 0 Å². The maximum Gasteiger partial charge on any atom is 0.317 e. The van der Waals surface area contributed by atoms with Crippen molar-refractivity contribution in [3.05, 3.63) is 84.9 Å². The Morgan fingerprint density at radius 3 is 1.40 bits per heavy atom. The third-order valence-electron chi connectivity index (χ3n) is 3.01. The van der Waals surface area contributed by atoms with E-state index >= 15 is 0 Å². The summed E-state index contributed by atoms with van der Waals surface area (Å²) in [5.41, 5.74) is 4.11. The molecule has 0 saturated carbocycles. The molecule has 0 aliphatic rings. The van der Waals surface area contributed by atoms with Gasteiger partial charge >= 0.3 is 8.26 Å². The van der Waals surface area contributed by atoms with E-state index in [1.165, 1.54) is 11.1 Å². The molecular weight excluding hydrogens is 379 g/mol. The molecule has 0 aliphatic carbocycles. The van der Waals surface area contributed by atoms with Gasteiger partial charge in [0.25, 0.3) is 0 Å². The van der Waals surface area contributed by atoms with Crippen molar-refractivity contribution in [2.75, 3.05) is 0 Å². The lowest BCUT2D eigenvalue weighted by molar-refractivity contribution is 0.621. The molecule has 0 aliphatic heterocycles. The van der Waals surface area contributed by atoms with Gasteiger partial charge in [0.05, 0.1) is 11.4 Å². The molecular formula is C18H14Cl2N2O2S. The number of azo groups is 1. The van der Waals surface area contributed by atoms with Crippen LogP contribution >= 0.6 is 21.4 Å². The summed E-state index contributed by atoms with van der Waals surface area (Å²) in [6.07, 6.45) is 0. The second kappa shape index (κ2) is 9.32. The minimum atomic E-state index is -3.72. The molecule has 3 rings (SSSR count). The Morgan fingerprint density at radius 2 is 0.920 bits per heavy atom. The molecule has 0 fully saturated rings. The number of hydrogen-bond donors (Lipinski definition) is 0. The third-order valence-corrected chi connectivity index (χ3v) is 3.01. The predicted octanol–water partition coefficient (Wildman–Crippen LogP) is 6.48. The maximum absolute atomic E-state index is 9.16. The van der Waals surface area contributed by atoms with E-state index < -0.39 is 8.26 Å². The van der Waals surface area contributed by atoms with Gasteiger partial charge in [-0.1, -0.05) is 60.7 Å². The number of nitrogens with zero attached hydrogens (tertiary/aromatic N) is 2. The molecule has 0 bridgehead atoms. The Labute approximate surface area is 155 Å². The Kier molecular flexibility index (Phi) is 7.13. The Hall–Kier alpha value is -2.21. The molecule has 0 radical (unpaired) electrons. The molecule has 0 amide bonds. The summed E-state index contributed by atoms with van der Waals surface area (Å²) < 4.78 is 18.3.